The van der Waals surface area contributed by atoms with Crippen molar-refractivity contribution >= 4 is 11.6 Å². The number of hydrogen-bond donors (Lipinski definition) is 1. The van der Waals surface area contributed by atoms with Gasteiger partial charge in [0.1, 0.15) is 5.60 Å². The topological polar surface area (TPSA) is 64.7 Å². The van der Waals surface area contributed by atoms with Gasteiger partial charge < -0.3 is 10.6 Å². The molecule has 1 aromatic rings. The summed E-state index contributed by atoms with van der Waals surface area (Å²) in [5.74, 6) is -0.731. The summed E-state index contributed by atoms with van der Waals surface area (Å²) in [6.45, 7) is 3.79. The third kappa shape index (κ3) is 1.66. The van der Waals surface area contributed by atoms with Crippen LogP contribution in [0.15, 0.2) is 35.5 Å². The van der Waals surface area contributed by atoms with E-state index in [9.17, 15) is 4.79 Å². The van der Waals surface area contributed by atoms with Gasteiger partial charge in [-0.05, 0) is 19.4 Å². The third-order valence-corrected chi connectivity index (χ3v) is 2.73. The molecule has 0 aromatic heterocycles. The Labute approximate surface area is 94.1 Å². The van der Waals surface area contributed by atoms with Gasteiger partial charge in [0.15, 0.2) is 5.71 Å². The number of hydrogen-bond acceptors (Lipinski definition) is 3. The molecule has 0 unspecified atom stereocenters. The maximum absolute atomic E-state index is 11.3. The monoisotopic (exact) mass is 218 g/mol. The lowest BCUT2D eigenvalue weighted by Gasteiger charge is -2.24. The van der Waals surface area contributed by atoms with Crippen LogP contribution in [-0.2, 0) is 9.63 Å². The first-order valence-corrected chi connectivity index (χ1v) is 5.13. The largest absolute Gasteiger partial charge is 0.388 e. The van der Waals surface area contributed by atoms with E-state index in [-0.39, 0.29) is 11.6 Å². The van der Waals surface area contributed by atoms with Crippen LogP contribution >= 0.6 is 0 Å². The predicted molar refractivity (Wildman–Crippen MR) is 61.0 cm³/mol. The van der Waals surface area contributed by atoms with Crippen molar-refractivity contribution in [2.24, 2.45) is 10.9 Å². The Morgan fingerprint density at radius 2 is 2.00 bits per heavy atom. The molecule has 0 radical (unpaired) electrons. The zero-order chi connectivity index (χ0) is 11.8. The number of nitrogens with zero attached hydrogens (tertiary/aromatic N) is 1. The Morgan fingerprint density at radius 3 is 2.56 bits per heavy atom. The lowest BCUT2D eigenvalue weighted by Crippen LogP contribution is -2.36. The highest BCUT2D eigenvalue weighted by Gasteiger charge is 2.44. The van der Waals surface area contributed by atoms with E-state index in [4.69, 9.17) is 10.6 Å². The molecule has 0 spiro atoms. The van der Waals surface area contributed by atoms with Crippen LogP contribution < -0.4 is 5.73 Å². The fraction of sp³-hybridized carbons (Fsp3) is 0.333. The normalized spacial score (nSPS) is 22.4. The van der Waals surface area contributed by atoms with Crippen molar-refractivity contribution < 1.29 is 9.63 Å². The van der Waals surface area contributed by atoms with Crippen LogP contribution in [0.1, 0.15) is 25.3 Å². The Balaban J connectivity index is 2.44. The van der Waals surface area contributed by atoms with Crippen molar-refractivity contribution in [1.29, 1.82) is 0 Å². The fourth-order valence-corrected chi connectivity index (χ4v) is 1.99. The van der Waals surface area contributed by atoms with Crippen molar-refractivity contribution in [2.75, 3.05) is 0 Å². The highest BCUT2D eigenvalue weighted by atomic mass is 16.7. The second-order valence-corrected chi connectivity index (χ2v) is 4.38. The summed E-state index contributed by atoms with van der Waals surface area (Å²) >= 11 is 0. The number of carbonyl (C=O) groups is 1. The first kappa shape index (κ1) is 10.7. The van der Waals surface area contributed by atoms with Gasteiger partial charge in [0, 0.05) is 0 Å². The third-order valence-electron chi connectivity index (χ3n) is 2.73. The minimum Gasteiger partial charge on any atom is -0.388 e. The van der Waals surface area contributed by atoms with E-state index in [1.165, 1.54) is 0 Å². The highest BCUT2D eigenvalue weighted by Crippen LogP contribution is 2.37. The van der Waals surface area contributed by atoms with Crippen LogP contribution in [0, 0.1) is 0 Å². The number of rotatable bonds is 2. The molecule has 1 aliphatic rings. The molecule has 2 N–H and O–H groups in total. The standard InChI is InChI=1S/C12H14N2O2/c1-12(2)9(8-6-4-3-5-7-8)10(11(13)15)14-16-12/h3-7,9H,1-2H3,(H2,13,15)/t9-/m1/s1. The fourth-order valence-electron chi connectivity index (χ4n) is 1.99. The number of oxime groups is 1. The van der Waals surface area contributed by atoms with Crippen LogP contribution in [0.4, 0.5) is 0 Å². The van der Waals surface area contributed by atoms with Gasteiger partial charge in [-0.25, -0.2) is 0 Å². The maximum atomic E-state index is 11.3. The van der Waals surface area contributed by atoms with Gasteiger partial charge in [-0.15, -0.1) is 0 Å². The maximum Gasteiger partial charge on any atom is 0.267 e. The second-order valence-electron chi connectivity index (χ2n) is 4.38. The van der Waals surface area contributed by atoms with Gasteiger partial charge in [0.05, 0.1) is 5.92 Å². The molecule has 1 heterocycles. The molecule has 4 nitrogen and oxygen atoms in total. The average molecular weight is 218 g/mol. The van der Waals surface area contributed by atoms with Gasteiger partial charge in [0.25, 0.3) is 5.91 Å². The van der Waals surface area contributed by atoms with Crippen LogP contribution in [0.25, 0.3) is 0 Å². The van der Waals surface area contributed by atoms with Crippen molar-refractivity contribution in [2.45, 2.75) is 25.4 Å². The molecular weight excluding hydrogens is 204 g/mol. The minimum atomic E-state index is -0.536. The van der Waals surface area contributed by atoms with Crippen molar-refractivity contribution in [1.82, 2.24) is 0 Å². The molecule has 0 saturated carbocycles. The molecule has 0 aliphatic carbocycles. The summed E-state index contributed by atoms with van der Waals surface area (Å²) in [7, 11) is 0. The summed E-state index contributed by atoms with van der Waals surface area (Å²) in [4.78, 5) is 16.6. The number of primary amides is 1. The lowest BCUT2D eigenvalue weighted by atomic mass is 9.81. The Morgan fingerprint density at radius 1 is 1.38 bits per heavy atom. The SMILES string of the molecule is CC1(C)ON=C(C(N)=O)[C@H]1c1ccccc1. The zero-order valence-corrected chi connectivity index (χ0v) is 9.31. The lowest BCUT2D eigenvalue weighted by molar-refractivity contribution is -0.112. The molecule has 0 saturated heterocycles. The van der Waals surface area contributed by atoms with Crippen LogP contribution in [0.5, 0.6) is 0 Å². The number of amides is 1. The molecule has 0 bridgehead atoms. The molecule has 1 aliphatic heterocycles. The molecular formula is C12H14N2O2. The quantitative estimate of drug-likeness (QED) is 0.815. The summed E-state index contributed by atoms with van der Waals surface area (Å²) < 4.78 is 0. The molecule has 1 aromatic carbocycles. The molecule has 4 heteroatoms. The van der Waals surface area contributed by atoms with E-state index in [2.05, 4.69) is 5.16 Å². The van der Waals surface area contributed by atoms with E-state index >= 15 is 0 Å². The first-order valence-electron chi connectivity index (χ1n) is 5.13. The molecule has 1 atom stereocenters. The predicted octanol–water partition coefficient (Wildman–Crippen LogP) is 1.42. The van der Waals surface area contributed by atoms with Gasteiger partial charge in [-0.1, -0.05) is 35.5 Å². The first-order chi connectivity index (χ1) is 7.52. The van der Waals surface area contributed by atoms with Crippen molar-refractivity contribution in [3.63, 3.8) is 0 Å². The van der Waals surface area contributed by atoms with Crippen molar-refractivity contribution in [3.05, 3.63) is 35.9 Å². The summed E-state index contributed by atoms with van der Waals surface area (Å²) in [5, 5.41) is 3.79. The van der Waals surface area contributed by atoms with E-state index in [0.717, 1.165) is 5.56 Å². The number of carbonyl (C=O) groups excluding carboxylic acids is 1. The van der Waals surface area contributed by atoms with E-state index in [0.29, 0.717) is 0 Å². The smallest absolute Gasteiger partial charge is 0.267 e. The molecule has 1 amide bonds. The van der Waals surface area contributed by atoms with Crippen molar-refractivity contribution in [3.8, 4) is 0 Å². The molecule has 2 rings (SSSR count). The second kappa shape index (κ2) is 3.63. The molecule has 84 valence electrons. The van der Waals surface area contributed by atoms with E-state index in [1.807, 2.05) is 44.2 Å². The Hall–Kier alpha value is -1.84. The van der Waals surface area contributed by atoms with Crippen LogP contribution in [-0.4, -0.2) is 17.2 Å². The van der Waals surface area contributed by atoms with Crippen LogP contribution in [0.2, 0.25) is 0 Å². The van der Waals surface area contributed by atoms with Gasteiger partial charge in [-0.3, -0.25) is 4.79 Å². The Kier molecular flexibility index (Phi) is 2.42. The number of benzene rings is 1. The van der Waals surface area contributed by atoms with E-state index < -0.39 is 11.5 Å². The molecule has 16 heavy (non-hydrogen) atoms. The average Bonchev–Trinajstić information content (AvgIpc) is 2.55. The zero-order valence-electron chi connectivity index (χ0n) is 9.31. The summed E-state index contributed by atoms with van der Waals surface area (Å²) in [6.07, 6.45) is 0. The van der Waals surface area contributed by atoms with Gasteiger partial charge in [0.2, 0.25) is 0 Å². The van der Waals surface area contributed by atoms with Gasteiger partial charge >= 0.3 is 0 Å². The Bertz CT molecular complexity index is 438. The van der Waals surface area contributed by atoms with E-state index in [1.54, 1.807) is 0 Å². The summed E-state index contributed by atoms with van der Waals surface area (Å²) in [6, 6.07) is 9.65. The molecule has 0 fully saturated rings. The minimum absolute atomic E-state index is 0.203. The summed E-state index contributed by atoms with van der Waals surface area (Å²) in [5.41, 5.74) is 6.04. The van der Waals surface area contributed by atoms with Gasteiger partial charge in [-0.2, -0.15) is 0 Å². The van der Waals surface area contributed by atoms with Crippen LogP contribution in [0.3, 0.4) is 0 Å². The highest BCUT2D eigenvalue weighted by molar-refractivity contribution is 6.40. The number of nitrogens with two attached hydrogens (primary N) is 1.